The molecule has 0 aliphatic carbocycles. The Balaban J connectivity index is 2.38. The van der Waals surface area contributed by atoms with Gasteiger partial charge in [-0.3, -0.25) is 4.79 Å². The zero-order valence-electron chi connectivity index (χ0n) is 11.3. The number of carbonyl (C=O) groups excluding carboxylic acids is 1. The van der Waals surface area contributed by atoms with E-state index >= 15 is 0 Å². The lowest BCUT2D eigenvalue weighted by Crippen LogP contribution is -2.51. The van der Waals surface area contributed by atoms with Gasteiger partial charge in [0, 0.05) is 6.54 Å². The molecule has 3 N–H and O–H groups in total. The first-order chi connectivity index (χ1) is 8.00. The Kier molecular flexibility index (Phi) is 5.40. The fourth-order valence-electron chi connectivity index (χ4n) is 2.18. The molecule has 0 spiro atoms. The Labute approximate surface area is 104 Å². The number of amides is 1. The van der Waals surface area contributed by atoms with Crippen molar-refractivity contribution in [2.75, 3.05) is 13.1 Å². The van der Waals surface area contributed by atoms with Crippen molar-refractivity contribution in [2.24, 2.45) is 5.92 Å². The first-order valence-corrected chi connectivity index (χ1v) is 6.74. The summed E-state index contributed by atoms with van der Waals surface area (Å²) >= 11 is 0. The van der Waals surface area contributed by atoms with Crippen LogP contribution in [0.25, 0.3) is 0 Å². The molecule has 0 saturated carbocycles. The normalized spacial score (nSPS) is 25.6. The Bertz CT molecular complexity index is 252. The predicted octanol–water partition coefficient (Wildman–Crippen LogP) is 1.04. The van der Waals surface area contributed by atoms with E-state index in [0.717, 1.165) is 19.4 Å². The minimum absolute atomic E-state index is 0.0249. The van der Waals surface area contributed by atoms with Crippen LogP contribution >= 0.6 is 0 Å². The maximum atomic E-state index is 11.9. The summed E-state index contributed by atoms with van der Waals surface area (Å²) in [6.07, 6.45) is 3.36. The second-order valence-electron chi connectivity index (χ2n) is 5.29. The van der Waals surface area contributed by atoms with Crippen LogP contribution < -0.4 is 10.6 Å². The van der Waals surface area contributed by atoms with Crippen molar-refractivity contribution in [1.29, 1.82) is 0 Å². The average molecular weight is 242 g/mol. The average Bonchev–Trinajstić information content (AvgIpc) is 2.35. The third kappa shape index (κ3) is 4.28. The Hall–Kier alpha value is -0.610. The van der Waals surface area contributed by atoms with Crippen molar-refractivity contribution in [1.82, 2.24) is 10.6 Å². The molecule has 17 heavy (non-hydrogen) atoms. The van der Waals surface area contributed by atoms with Gasteiger partial charge in [-0.05, 0) is 38.1 Å². The van der Waals surface area contributed by atoms with Gasteiger partial charge < -0.3 is 15.7 Å². The van der Waals surface area contributed by atoms with Crippen molar-refractivity contribution in [3.8, 4) is 0 Å². The Morgan fingerprint density at radius 2 is 2.12 bits per heavy atom. The number of piperidine rings is 1. The van der Waals surface area contributed by atoms with Crippen LogP contribution in [0.15, 0.2) is 0 Å². The Morgan fingerprint density at radius 3 is 2.65 bits per heavy atom. The molecule has 1 amide bonds. The highest BCUT2D eigenvalue weighted by Crippen LogP contribution is 2.16. The summed E-state index contributed by atoms with van der Waals surface area (Å²) in [5.41, 5.74) is -0.754. The van der Waals surface area contributed by atoms with E-state index in [-0.39, 0.29) is 11.9 Å². The summed E-state index contributed by atoms with van der Waals surface area (Å²) in [5.74, 6) is 0.625. The number of hydrogen-bond donors (Lipinski definition) is 3. The summed E-state index contributed by atoms with van der Waals surface area (Å²) in [6, 6.07) is -0.0864. The molecule has 0 aromatic heterocycles. The summed E-state index contributed by atoms with van der Waals surface area (Å²) in [4.78, 5) is 11.9. The molecule has 1 fully saturated rings. The lowest BCUT2D eigenvalue weighted by Gasteiger charge is -2.30. The van der Waals surface area contributed by atoms with Crippen molar-refractivity contribution >= 4 is 5.91 Å². The molecule has 0 bridgehead atoms. The molecule has 1 heterocycles. The quantitative estimate of drug-likeness (QED) is 0.675. The standard InChI is InChI=1S/C13H26N2O2/c1-4-13(17,5-2)9-15-12(16)11-8-10(3)6-7-14-11/h10-11,14,17H,4-9H2,1-3H3,(H,15,16). The van der Waals surface area contributed by atoms with E-state index in [4.69, 9.17) is 0 Å². The van der Waals surface area contributed by atoms with Crippen LogP contribution in [0.2, 0.25) is 0 Å². The van der Waals surface area contributed by atoms with E-state index < -0.39 is 5.60 Å². The monoisotopic (exact) mass is 242 g/mol. The molecule has 100 valence electrons. The van der Waals surface area contributed by atoms with Gasteiger partial charge in [0.25, 0.3) is 0 Å². The van der Waals surface area contributed by atoms with Gasteiger partial charge >= 0.3 is 0 Å². The highest BCUT2D eigenvalue weighted by Gasteiger charge is 2.27. The van der Waals surface area contributed by atoms with Gasteiger partial charge in [-0.2, -0.15) is 0 Å². The molecule has 1 saturated heterocycles. The van der Waals surface area contributed by atoms with Gasteiger partial charge in [0.15, 0.2) is 0 Å². The lowest BCUT2D eigenvalue weighted by atomic mass is 9.93. The Morgan fingerprint density at radius 1 is 1.47 bits per heavy atom. The summed E-state index contributed by atoms with van der Waals surface area (Å²) in [5, 5.41) is 16.2. The predicted molar refractivity (Wildman–Crippen MR) is 68.7 cm³/mol. The van der Waals surface area contributed by atoms with Crippen molar-refractivity contribution in [3.05, 3.63) is 0 Å². The number of rotatable bonds is 5. The van der Waals surface area contributed by atoms with Gasteiger partial charge in [0.1, 0.15) is 0 Å². The summed E-state index contributed by atoms with van der Waals surface area (Å²) in [7, 11) is 0. The van der Waals surface area contributed by atoms with Gasteiger partial charge in [-0.15, -0.1) is 0 Å². The van der Waals surface area contributed by atoms with Crippen LogP contribution in [0, 0.1) is 5.92 Å². The fourth-order valence-corrected chi connectivity index (χ4v) is 2.18. The highest BCUT2D eigenvalue weighted by atomic mass is 16.3. The minimum atomic E-state index is -0.754. The lowest BCUT2D eigenvalue weighted by molar-refractivity contribution is -0.125. The maximum Gasteiger partial charge on any atom is 0.237 e. The summed E-state index contributed by atoms with van der Waals surface area (Å²) < 4.78 is 0. The molecular formula is C13H26N2O2. The number of nitrogens with one attached hydrogen (secondary N) is 2. The van der Waals surface area contributed by atoms with Crippen molar-refractivity contribution in [2.45, 2.75) is 58.1 Å². The molecule has 0 aromatic carbocycles. The third-order valence-corrected chi connectivity index (χ3v) is 3.89. The van der Waals surface area contributed by atoms with Gasteiger partial charge in [-0.1, -0.05) is 20.8 Å². The van der Waals surface area contributed by atoms with E-state index in [0.29, 0.717) is 25.3 Å². The van der Waals surface area contributed by atoms with E-state index in [1.807, 2.05) is 13.8 Å². The molecular weight excluding hydrogens is 216 g/mol. The zero-order valence-corrected chi connectivity index (χ0v) is 11.3. The number of hydrogen-bond acceptors (Lipinski definition) is 3. The van der Waals surface area contributed by atoms with Crippen LogP contribution in [0.4, 0.5) is 0 Å². The fraction of sp³-hybridized carbons (Fsp3) is 0.923. The van der Waals surface area contributed by atoms with Crippen LogP contribution in [0.3, 0.4) is 0 Å². The number of carbonyl (C=O) groups is 1. The molecule has 4 nitrogen and oxygen atoms in total. The SMILES string of the molecule is CCC(O)(CC)CNC(=O)C1CC(C)CCN1. The zero-order chi connectivity index (χ0) is 12.9. The van der Waals surface area contributed by atoms with Crippen LogP contribution in [-0.2, 0) is 4.79 Å². The van der Waals surface area contributed by atoms with E-state index in [1.165, 1.54) is 0 Å². The molecule has 1 rings (SSSR count). The first kappa shape index (κ1) is 14.5. The smallest absolute Gasteiger partial charge is 0.237 e. The van der Waals surface area contributed by atoms with Crippen LogP contribution in [0.1, 0.15) is 46.5 Å². The largest absolute Gasteiger partial charge is 0.388 e. The molecule has 2 atom stereocenters. The number of aliphatic hydroxyl groups is 1. The first-order valence-electron chi connectivity index (χ1n) is 6.74. The van der Waals surface area contributed by atoms with E-state index in [9.17, 15) is 9.90 Å². The highest BCUT2D eigenvalue weighted by molar-refractivity contribution is 5.81. The van der Waals surface area contributed by atoms with Gasteiger partial charge in [0.05, 0.1) is 11.6 Å². The maximum absolute atomic E-state index is 11.9. The van der Waals surface area contributed by atoms with Gasteiger partial charge in [-0.25, -0.2) is 0 Å². The van der Waals surface area contributed by atoms with Crippen molar-refractivity contribution in [3.63, 3.8) is 0 Å². The van der Waals surface area contributed by atoms with Crippen LogP contribution in [-0.4, -0.2) is 35.7 Å². The van der Waals surface area contributed by atoms with Crippen molar-refractivity contribution < 1.29 is 9.90 Å². The second kappa shape index (κ2) is 6.36. The molecule has 4 heteroatoms. The van der Waals surface area contributed by atoms with Crippen LogP contribution in [0.5, 0.6) is 0 Å². The summed E-state index contributed by atoms with van der Waals surface area (Å²) in [6.45, 7) is 7.32. The van der Waals surface area contributed by atoms with E-state index in [2.05, 4.69) is 17.6 Å². The second-order valence-corrected chi connectivity index (χ2v) is 5.29. The molecule has 0 aromatic rings. The topological polar surface area (TPSA) is 61.4 Å². The minimum Gasteiger partial charge on any atom is -0.388 e. The molecule has 0 radical (unpaired) electrons. The molecule has 1 aliphatic rings. The third-order valence-electron chi connectivity index (χ3n) is 3.89. The molecule has 1 aliphatic heterocycles. The van der Waals surface area contributed by atoms with Gasteiger partial charge in [0.2, 0.25) is 5.91 Å². The molecule has 2 unspecified atom stereocenters. The van der Waals surface area contributed by atoms with E-state index in [1.54, 1.807) is 0 Å².